The normalized spacial score (nSPS) is 23.0. The van der Waals surface area contributed by atoms with E-state index in [0.717, 1.165) is 17.6 Å². The van der Waals surface area contributed by atoms with Crippen molar-refractivity contribution in [2.45, 2.75) is 57.7 Å². The van der Waals surface area contributed by atoms with E-state index in [4.69, 9.17) is 23.2 Å². The molecular weight excluding hydrogens is 297 g/mol. The van der Waals surface area contributed by atoms with Crippen LogP contribution >= 0.6 is 23.2 Å². The molecule has 1 fully saturated rings. The lowest BCUT2D eigenvalue weighted by molar-refractivity contribution is -0.787. The van der Waals surface area contributed by atoms with Gasteiger partial charge in [-0.1, -0.05) is 23.2 Å². The fraction of sp³-hybridized carbons (Fsp3) is 0.643. The first kappa shape index (κ1) is 15.7. The van der Waals surface area contributed by atoms with Crippen molar-refractivity contribution in [1.29, 1.82) is 0 Å². The maximum Gasteiger partial charge on any atom is 0.182 e. The first-order valence-corrected chi connectivity index (χ1v) is 7.51. The highest BCUT2D eigenvalue weighted by Crippen LogP contribution is 2.24. The van der Waals surface area contributed by atoms with Crippen LogP contribution in [-0.4, -0.2) is 27.1 Å². The van der Waals surface area contributed by atoms with Crippen LogP contribution in [0.1, 0.15) is 40.5 Å². The minimum absolute atomic E-state index is 0.120. The van der Waals surface area contributed by atoms with E-state index in [-0.39, 0.29) is 17.1 Å². The van der Waals surface area contributed by atoms with Crippen molar-refractivity contribution in [3.63, 3.8) is 0 Å². The minimum atomic E-state index is 0.120. The summed E-state index contributed by atoms with van der Waals surface area (Å²) in [5.41, 5.74) is 0.610. The van der Waals surface area contributed by atoms with Gasteiger partial charge in [-0.05, 0) is 33.8 Å². The van der Waals surface area contributed by atoms with Crippen molar-refractivity contribution in [1.82, 2.24) is 4.73 Å². The molecule has 2 rings (SSSR count). The van der Waals surface area contributed by atoms with Crippen molar-refractivity contribution in [2.75, 3.05) is 0 Å². The molecule has 0 unspecified atom stereocenters. The van der Waals surface area contributed by atoms with E-state index < -0.39 is 0 Å². The van der Waals surface area contributed by atoms with Gasteiger partial charge in [0.05, 0.1) is 33.4 Å². The highest BCUT2D eigenvalue weighted by atomic mass is 35.5. The molecule has 0 saturated carbocycles. The molecule has 0 bridgehead atoms. The summed E-state index contributed by atoms with van der Waals surface area (Å²) in [5, 5.41) is 13.0. The van der Waals surface area contributed by atoms with Crippen molar-refractivity contribution < 1.29 is 10.5 Å². The summed E-state index contributed by atoms with van der Waals surface area (Å²) >= 11 is 12.0. The molecule has 1 aliphatic rings. The molecule has 0 spiro atoms. The van der Waals surface area contributed by atoms with Crippen LogP contribution in [0.5, 0.6) is 0 Å². The predicted molar refractivity (Wildman–Crippen MR) is 80.3 cm³/mol. The molecule has 0 aliphatic carbocycles. The third-order valence-electron chi connectivity index (χ3n) is 3.55. The molecule has 1 saturated heterocycles. The smallest absolute Gasteiger partial charge is 0.182 e. The number of hydrogen-bond donors (Lipinski definition) is 2. The Hall–Kier alpha value is -0.710. The number of nitrogens with two attached hydrogens (primary N) is 1. The number of piperidine rings is 1. The van der Waals surface area contributed by atoms with Crippen molar-refractivity contribution in [2.24, 2.45) is 4.99 Å². The molecule has 1 aromatic heterocycles. The molecule has 112 valence electrons. The zero-order chi connectivity index (χ0) is 15.1. The van der Waals surface area contributed by atoms with Gasteiger partial charge in [-0.15, -0.1) is 0 Å². The Bertz CT molecular complexity index is 536. The van der Waals surface area contributed by atoms with Gasteiger partial charge in [0.15, 0.2) is 5.49 Å². The molecule has 1 aromatic rings. The van der Waals surface area contributed by atoms with Gasteiger partial charge in [-0.3, -0.25) is 4.99 Å². The summed E-state index contributed by atoms with van der Waals surface area (Å²) in [6.07, 6.45) is 3.28. The van der Waals surface area contributed by atoms with Crippen LogP contribution in [0.2, 0.25) is 10.0 Å². The second-order valence-electron chi connectivity index (χ2n) is 6.99. The second kappa shape index (κ2) is 5.24. The van der Waals surface area contributed by atoms with Crippen molar-refractivity contribution in [3.8, 4) is 0 Å². The Labute approximate surface area is 129 Å². The van der Waals surface area contributed by atoms with E-state index in [1.165, 1.54) is 6.20 Å². The Morgan fingerprint density at radius 1 is 1.25 bits per heavy atom. The average Bonchev–Trinajstić information content (AvgIpc) is 2.18. The Morgan fingerprint density at radius 3 is 2.30 bits per heavy atom. The molecule has 0 amide bonds. The van der Waals surface area contributed by atoms with Gasteiger partial charge >= 0.3 is 0 Å². The highest BCUT2D eigenvalue weighted by Gasteiger charge is 2.41. The standard InChI is InChI=1S/C14H21Cl2N3O/c1-13(2)6-10(7-14(3,4)18-13)17-12-11(16)5-9(15)8-19(12)20/h5,8,10,18,20H,6-7H2,1-4H3/p+1. The quantitative estimate of drug-likeness (QED) is 0.766. The number of halogens is 2. The van der Waals surface area contributed by atoms with Crippen LogP contribution in [0.15, 0.2) is 17.3 Å². The molecule has 0 aromatic carbocycles. The van der Waals surface area contributed by atoms with Crippen LogP contribution in [0.25, 0.3) is 0 Å². The van der Waals surface area contributed by atoms with E-state index in [1.54, 1.807) is 6.07 Å². The molecule has 2 heterocycles. The summed E-state index contributed by atoms with van der Waals surface area (Å²) in [5.74, 6) is 0. The Morgan fingerprint density at radius 2 is 1.80 bits per heavy atom. The average molecular weight is 319 g/mol. The summed E-state index contributed by atoms with van der Waals surface area (Å²) in [7, 11) is 0. The SMILES string of the molecule is CC1(C)CC(N=c2c(Cl)cc(Cl)cn2O)CC(C)(C)[NH2+]1. The molecule has 0 atom stereocenters. The maximum absolute atomic E-state index is 9.91. The highest BCUT2D eigenvalue weighted by molar-refractivity contribution is 6.34. The zero-order valence-electron chi connectivity index (χ0n) is 12.3. The summed E-state index contributed by atoms with van der Waals surface area (Å²) in [6, 6.07) is 1.72. The molecule has 1 aliphatic heterocycles. The van der Waals surface area contributed by atoms with Crippen molar-refractivity contribution >= 4 is 23.2 Å². The number of pyridine rings is 1. The number of nitrogens with zero attached hydrogens (tertiary/aromatic N) is 2. The lowest BCUT2D eigenvalue weighted by Gasteiger charge is -2.41. The molecule has 6 heteroatoms. The monoisotopic (exact) mass is 318 g/mol. The largest absolute Gasteiger partial charge is 0.427 e. The Kier molecular flexibility index (Phi) is 4.11. The first-order chi connectivity index (χ1) is 9.08. The summed E-state index contributed by atoms with van der Waals surface area (Å²) < 4.78 is 0.906. The van der Waals surface area contributed by atoms with E-state index in [2.05, 4.69) is 38.0 Å². The second-order valence-corrected chi connectivity index (χ2v) is 7.83. The molecule has 4 nitrogen and oxygen atoms in total. The van der Waals surface area contributed by atoms with Crippen LogP contribution in [0, 0.1) is 0 Å². The molecule has 20 heavy (non-hydrogen) atoms. The summed E-state index contributed by atoms with van der Waals surface area (Å²) in [6.45, 7) is 8.86. The minimum Gasteiger partial charge on any atom is -0.427 e. The van der Waals surface area contributed by atoms with Gasteiger partial charge in [0.25, 0.3) is 0 Å². The summed E-state index contributed by atoms with van der Waals surface area (Å²) in [4.78, 5) is 4.65. The van der Waals surface area contributed by atoms with Gasteiger partial charge in [0.1, 0.15) is 0 Å². The van der Waals surface area contributed by atoms with E-state index in [0.29, 0.717) is 15.5 Å². The number of aromatic nitrogens is 1. The van der Waals surface area contributed by atoms with E-state index >= 15 is 0 Å². The molecular formula is C14H22Cl2N3O+. The van der Waals surface area contributed by atoms with E-state index in [9.17, 15) is 5.21 Å². The van der Waals surface area contributed by atoms with Gasteiger partial charge < -0.3 is 10.5 Å². The fourth-order valence-corrected chi connectivity index (χ4v) is 3.87. The van der Waals surface area contributed by atoms with Crippen molar-refractivity contribution in [3.05, 3.63) is 27.8 Å². The van der Waals surface area contributed by atoms with Crippen LogP contribution in [0.3, 0.4) is 0 Å². The topological polar surface area (TPSA) is 54.1 Å². The van der Waals surface area contributed by atoms with Gasteiger partial charge in [0, 0.05) is 12.8 Å². The first-order valence-electron chi connectivity index (χ1n) is 6.76. The third-order valence-corrected chi connectivity index (χ3v) is 4.04. The third kappa shape index (κ3) is 3.68. The lowest BCUT2D eigenvalue weighted by atomic mass is 9.80. The number of rotatable bonds is 1. The van der Waals surface area contributed by atoms with Crippen LogP contribution in [-0.2, 0) is 0 Å². The van der Waals surface area contributed by atoms with Gasteiger partial charge in [0.2, 0.25) is 0 Å². The van der Waals surface area contributed by atoms with Crippen LogP contribution in [0.4, 0.5) is 0 Å². The predicted octanol–water partition coefficient (Wildman–Crippen LogP) is 2.22. The van der Waals surface area contributed by atoms with Crippen LogP contribution < -0.4 is 10.8 Å². The molecule has 0 radical (unpaired) electrons. The Balaban J connectivity index is 2.40. The number of quaternary nitrogens is 1. The maximum atomic E-state index is 9.91. The lowest BCUT2D eigenvalue weighted by Crippen LogP contribution is -3.05. The number of hydrogen-bond acceptors (Lipinski definition) is 2. The van der Waals surface area contributed by atoms with E-state index in [1.807, 2.05) is 0 Å². The van der Waals surface area contributed by atoms with Gasteiger partial charge in [-0.25, -0.2) is 0 Å². The molecule has 3 N–H and O–H groups in total. The zero-order valence-corrected chi connectivity index (χ0v) is 13.8. The van der Waals surface area contributed by atoms with Gasteiger partial charge in [-0.2, -0.15) is 4.73 Å². The fourth-order valence-electron chi connectivity index (χ4n) is 3.36.